The fourth-order valence-electron chi connectivity index (χ4n) is 2.89. The zero-order valence-corrected chi connectivity index (χ0v) is 13.6. The van der Waals surface area contributed by atoms with Gasteiger partial charge in [-0.05, 0) is 37.6 Å². The van der Waals surface area contributed by atoms with Crippen molar-refractivity contribution in [3.8, 4) is 0 Å². The number of guanidine groups is 1. The molecule has 2 N–H and O–H groups in total. The van der Waals surface area contributed by atoms with Crippen molar-refractivity contribution in [1.82, 2.24) is 15.5 Å². The summed E-state index contributed by atoms with van der Waals surface area (Å²) in [5, 5.41) is 6.57. The number of benzene rings is 1. The van der Waals surface area contributed by atoms with Crippen molar-refractivity contribution >= 4 is 5.96 Å². The molecule has 1 fully saturated rings. The van der Waals surface area contributed by atoms with Crippen LogP contribution in [0.15, 0.2) is 29.3 Å². The fraction of sp³-hybridized carbons (Fsp3) is 0.588. The summed E-state index contributed by atoms with van der Waals surface area (Å²) in [5.41, 5.74) is 1.03. The van der Waals surface area contributed by atoms with Crippen LogP contribution in [0.2, 0.25) is 0 Å². The zero-order chi connectivity index (χ0) is 15.8. The van der Waals surface area contributed by atoms with E-state index in [9.17, 15) is 4.39 Å². The first kappa shape index (κ1) is 16.7. The van der Waals surface area contributed by atoms with Crippen molar-refractivity contribution in [2.45, 2.75) is 38.3 Å². The third-order valence-corrected chi connectivity index (χ3v) is 4.30. The van der Waals surface area contributed by atoms with Gasteiger partial charge >= 0.3 is 0 Å². The number of rotatable bonds is 6. The zero-order valence-electron chi connectivity index (χ0n) is 13.6. The van der Waals surface area contributed by atoms with Gasteiger partial charge in [0, 0.05) is 32.7 Å². The van der Waals surface area contributed by atoms with E-state index in [0.29, 0.717) is 6.54 Å². The summed E-state index contributed by atoms with van der Waals surface area (Å²) in [6.07, 6.45) is 5.38. The van der Waals surface area contributed by atoms with Gasteiger partial charge in [-0.15, -0.1) is 0 Å². The van der Waals surface area contributed by atoms with Crippen LogP contribution in [-0.4, -0.2) is 44.1 Å². The second kappa shape index (κ2) is 8.73. The summed E-state index contributed by atoms with van der Waals surface area (Å²) in [7, 11) is 3.97. The van der Waals surface area contributed by atoms with Crippen LogP contribution in [0.25, 0.3) is 0 Å². The first-order valence-corrected chi connectivity index (χ1v) is 8.08. The lowest BCUT2D eigenvalue weighted by Gasteiger charge is -2.24. The first-order valence-electron chi connectivity index (χ1n) is 8.08. The molecule has 0 unspecified atom stereocenters. The average molecular weight is 306 g/mol. The molecule has 122 valence electrons. The number of halogens is 1. The van der Waals surface area contributed by atoms with Crippen molar-refractivity contribution in [1.29, 1.82) is 0 Å². The van der Waals surface area contributed by atoms with E-state index in [0.717, 1.165) is 30.7 Å². The van der Waals surface area contributed by atoms with Crippen LogP contribution in [0.4, 0.5) is 4.39 Å². The Morgan fingerprint density at radius 1 is 1.23 bits per heavy atom. The Kier molecular flexibility index (Phi) is 6.65. The molecule has 2 rings (SSSR count). The molecule has 0 atom stereocenters. The summed E-state index contributed by atoms with van der Waals surface area (Å²) >= 11 is 0. The highest BCUT2D eigenvalue weighted by Gasteiger charge is 2.18. The van der Waals surface area contributed by atoms with E-state index >= 15 is 0 Å². The molecule has 1 aromatic carbocycles. The maximum Gasteiger partial charge on any atom is 0.191 e. The maximum atomic E-state index is 12.9. The lowest BCUT2D eigenvalue weighted by atomic mass is 10.2. The molecule has 5 heteroatoms. The van der Waals surface area contributed by atoms with Crippen LogP contribution >= 0.6 is 0 Å². The van der Waals surface area contributed by atoms with E-state index in [4.69, 9.17) is 0 Å². The molecule has 1 aliphatic rings. The standard InChI is InChI=1S/C17H27FN4/c1-19-17(21-13-14-7-9-15(18)10-8-14)20-11-12-22(2)16-5-3-4-6-16/h7-10,16H,3-6,11-13H2,1-2H3,(H2,19,20,21). The van der Waals surface area contributed by atoms with Gasteiger partial charge in [0.25, 0.3) is 0 Å². The van der Waals surface area contributed by atoms with Crippen LogP contribution in [0, 0.1) is 5.82 Å². The minimum absolute atomic E-state index is 0.207. The van der Waals surface area contributed by atoms with Gasteiger partial charge in [-0.1, -0.05) is 25.0 Å². The molecule has 0 amide bonds. The van der Waals surface area contributed by atoms with Gasteiger partial charge < -0.3 is 15.5 Å². The summed E-state index contributed by atoms with van der Waals surface area (Å²) in [5.74, 6) is 0.574. The van der Waals surface area contributed by atoms with Crippen LogP contribution in [0.5, 0.6) is 0 Å². The highest BCUT2D eigenvalue weighted by atomic mass is 19.1. The van der Waals surface area contributed by atoms with E-state index in [1.807, 2.05) is 0 Å². The summed E-state index contributed by atoms with van der Waals surface area (Å²) in [6, 6.07) is 7.26. The molecule has 1 aromatic rings. The number of nitrogens with zero attached hydrogens (tertiary/aromatic N) is 2. The molecule has 0 radical (unpaired) electrons. The monoisotopic (exact) mass is 306 g/mol. The molecular weight excluding hydrogens is 279 g/mol. The smallest absolute Gasteiger partial charge is 0.191 e. The Balaban J connectivity index is 1.67. The SMILES string of the molecule is CN=C(NCCN(C)C1CCCC1)NCc1ccc(F)cc1. The summed E-state index contributed by atoms with van der Waals surface area (Å²) in [6.45, 7) is 2.52. The Bertz CT molecular complexity index is 466. The molecule has 0 bridgehead atoms. The number of nitrogens with one attached hydrogen (secondary N) is 2. The highest BCUT2D eigenvalue weighted by Crippen LogP contribution is 2.21. The lowest BCUT2D eigenvalue weighted by Crippen LogP contribution is -2.42. The summed E-state index contributed by atoms with van der Waals surface area (Å²) in [4.78, 5) is 6.65. The Labute approximate surface area is 132 Å². The highest BCUT2D eigenvalue weighted by molar-refractivity contribution is 5.79. The molecule has 0 spiro atoms. The van der Waals surface area contributed by atoms with Gasteiger partial charge in [0.2, 0.25) is 0 Å². The first-order chi connectivity index (χ1) is 10.7. The number of aliphatic imine (C=N–C) groups is 1. The topological polar surface area (TPSA) is 39.7 Å². The molecule has 0 heterocycles. The van der Waals surface area contributed by atoms with Crippen LogP contribution in [0.1, 0.15) is 31.2 Å². The average Bonchev–Trinajstić information content (AvgIpc) is 3.06. The minimum atomic E-state index is -0.207. The van der Waals surface area contributed by atoms with Crippen LogP contribution in [0.3, 0.4) is 0 Å². The van der Waals surface area contributed by atoms with Gasteiger partial charge in [0.05, 0.1) is 0 Å². The third kappa shape index (κ3) is 5.30. The molecule has 0 aliphatic heterocycles. The van der Waals surface area contributed by atoms with Gasteiger partial charge in [-0.2, -0.15) is 0 Å². The van der Waals surface area contributed by atoms with Crippen molar-refractivity contribution in [3.05, 3.63) is 35.6 Å². The predicted octanol–water partition coefficient (Wildman–Crippen LogP) is 2.37. The molecule has 1 saturated carbocycles. The normalized spacial score (nSPS) is 16.3. The largest absolute Gasteiger partial charge is 0.355 e. The van der Waals surface area contributed by atoms with Gasteiger partial charge in [-0.25, -0.2) is 4.39 Å². The van der Waals surface area contributed by atoms with Crippen molar-refractivity contribution < 1.29 is 4.39 Å². The Hall–Kier alpha value is -1.62. The maximum absolute atomic E-state index is 12.9. The molecular formula is C17H27FN4. The van der Waals surface area contributed by atoms with Crippen molar-refractivity contribution in [3.63, 3.8) is 0 Å². The van der Waals surface area contributed by atoms with Gasteiger partial charge in [0.15, 0.2) is 5.96 Å². The number of likely N-dealkylation sites (N-methyl/N-ethyl adjacent to an activating group) is 1. The molecule has 1 aliphatic carbocycles. The molecule has 22 heavy (non-hydrogen) atoms. The molecule has 4 nitrogen and oxygen atoms in total. The second-order valence-corrected chi connectivity index (χ2v) is 5.90. The lowest BCUT2D eigenvalue weighted by molar-refractivity contribution is 0.249. The van der Waals surface area contributed by atoms with Crippen molar-refractivity contribution in [2.75, 3.05) is 27.2 Å². The molecule has 0 saturated heterocycles. The van der Waals surface area contributed by atoms with E-state index in [-0.39, 0.29) is 5.82 Å². The van der Waals surface area contributed by atoms with Gasteiger partial charge in [-0.3, -0.25) is 4.99 Å². The number of hydrogen-bond acceptors (Lipinski definition) is 2. The summed E-state index contributed by atoms with van der Waals surface area (Å²) < 4.78 is 12.9. The third-order valence-electron chi connectivity index (χ3n) is 4.30. The van der Waals surface area contributed by atoms with Crippen LogP contribution in [-0.2, 0) is 6.54 Å². The van der Waals surface area contributed by atoms with E-state index in [1.165, 1.54) is 37.8 Å². The quantitative estimate of drug-likeness (QED) is 0.626. The van der Waals surface area contributed by atoms with E-state index in [1.54, 1.807) is 19.2 Å². The molecule has 0 aromatic heterocycles. The van der Waals surface area contributed by atoms with Crippen molar-refractivity contribution in [2.24, 2.45) is 4.99 Å². The van der Waals surface area contributed by atoms with Gasteiger partial charge in [0.1, 0.15) is 5.82 Å². The Morgan fingerprint density at radius 3 is 2.55 bits per heavy atom. The van der Waals surface area contributed by atoms with E-state index in [2.05, 4.69) is 27.6 Å². The number of hydrogen-bond donors (Lipinski definition) is 2. The predicted molar refractivity (Wildman–Crippen MR) is 89.5 cm³/mol. The van der Waals surface area contributed by atoms with Crippen LogP contribution < -0.4 is 10.6 Å². The minimum Gasteiger partial charge on any atom is -0.355 e. The van der Waals surface area contributed by atoms with E-state index < -0.39 is 0 Å². The fourth-order valence-corrected chi connectivity index (χ4v) is 2.89. The second-order valence-electron chi connectivity index (χ2n) is 5.90. The Morgan fingerprint density at radius 2 is 1.91 bits per heavy atom.